The number of aromatic nitrogens is 3. The summed E-state index contributed by atoms with van der Waals surface area (Å²) in [6.45, 7) is 0.167. The second kappa shape index (κ2) is 6.27. The lowest BCUT2D eigenvalue weighted by Crippen LogP contribution is -2.47. The van der Waals surface area contributed by atoms with Gasteiger partial charge in [-0.05, 0) is 12.8 Å². The molecule has 1 fully saturated rings. The van der Waals surface area contributed by atoms with Gasteiger partial charge in [0.2, 0.25) is 0 Å². The Labute approximate surface area is 155 Å². The summed E-state index contributed by atoms with van der Waals surface area (Å²) in [5.41, 5.74) is 0.767. The Balaban J connectivity index is 1.61. The molecule has 6 nitrogen and oxygen atoms in total. The molecule has 2 heterocycles. The molecular weight excluding hydrogens is 352 g/mol. The summed E-state index contributed by atoms with van der Waals surface area (Å²) < 4.78 is 7.08. The van der Waals surface area contributed by atoms with Gasteiger partial charge in [-0.15, -0.1) is 11.6 Å². The maximum atomic E-state index is 11.4. The molecule has 0 amide bonds. The minimum absolute atomic E-state index is 0.167. The lowest BCUT2D eigenvalue weighted by Gasteiger charge is -2.32. The van der Waals surface area contributed by atoms with Gasteiger partial charge in [-0.1, -0.05) is 35.5 Å². The molecule has 0 radical (unpaired) electrons. The first-order chi connectivity index (χ1) is 12.5. The second-order valence-electron chi connectivity index (χ2n) is 6.74. The molecule has 1 unspecified atom stereocenters. The molecule has 1 saturated carbocycles. The van der Waals surface area contributed by atoms with Crippen molar-refractivity contribution in [2.24, 2.45) is 0 Å². The summed E-state index contributed by atoms with van der Waals surface area (Å²) in [5, 5.41) is 24.6. The fourth-order valence-corrected chi connectivity index (χ4v) is 3.40. The molecule has 2 aromatic heterocycles. The molecule has 0 aliphatic heterocycles. The molecule has 1 N–H and O–H groups in total. The van der Waals surface area contributed by atoms with Crippen molar-refractivity contribution in [2.75, 3.05) is 0 Å². The number of benzene rings is 1. The van der Waals surface area contributed by atoms with Crippen molar-refractivity contribution in [3.05, 3.63) is 60.4 Å². The summed E-state index contributed by atoms with van der Waals surface area (Å²) in [7, 11) is 0. The van der Waals surface area contributed by atoms with E-state index in [4.69, 9.17) is 16.1 Å². The number of hydrogen-bond donors (Lipinski definition) is 1. The molecule has 1 aromatic carbocycles. The molecule has 1 aliphatic carbocycles. The first-order valence-electron chi connectivity index (χ1n) is 8.36. The van der Waals surface area contributed by atoms with Crippen molar-refractivity contribution < 1.29 is 9.63 Å². The van der Waals surface area contributed by atoms with Gasteiger partial charge in [0.05, 0.1) is 23.9 Å². The van der Waals surface area contributed by atoms with Gasteiger partial charge in [0.25, 0.3) is 0 Å². The number of nitrogens with zero attached hydrogens (tertiary/aromatic N) is 4. The zero-order valence-corrected chi connectivity index (χ0v) is 14.7. The molecule has 1 aliphatic rings. The van der Waals surface area contributed by atoms with E-state index in [9.17, 15) is 10.4 Å². The van der Waals surface area contributed by atoms with Crippen LogP contribution in [-0.4, -0.2) is 30.3 Å². The minimum Gasteiger partial charge on any atom is -0.386 e. The van der Waals surface area contributed by atoms with Crippen molar-refractivity contribution in [2.45, 2.75) is 36.3 Å². The Hall–Kier alpha value is -2.62. The van der Waals surface area contributed by atoms with Gasteiger partial charge < -0.3 is 14.2 Å². The maximum absolute atomic E-state index is 11.4. The molecule has 4 rings (SSSR count). The van der Waals surface area contributed by atoms with E-state index in [0.29, 0.717) is 30.0 Å². The van der Waals surface area contributed by atoms with E-state index in [-0.39, 0.29) is 13.0 Å². The summed E-state index contributed by atoms with van der Waals surface area (Å²) >= 11 is 6.61. The minimum atomic E-state index is -1.27. The van der Waals surface area contributed by atoms with Crippen molar-refractivity contribution in [3.63, 3.8) is 0 Å². The highest BCUT2D eigenvalue weighted by Gasteiger charge is 2.58. The number of nitriles is 1. The Morgan fingerprint density at radius 1 is 1.35 bits per heavy atom. The van der Waals surface area contributed by atoms with Crippen LogP contribution in [0.4, 0.5) is 0 Å². The molecule has 3 aromatic rings. The van der Waals surface area contributed by atoms with Crippen molar-refractivity contribution >= 4 is 11.6 Å². The van der Waals surface area contributed by atoms with Gasteiger partial charge in [-0.2, -0.15) is 5.26 Å². The van der Waals surface area contributed by atoms with Crippen LogP contribution in [0.1, 0.15) is 24.3 Å². The first kappa shape index (κ1) is 16.8. The van der Waals surface area contributed by atoms with Gasteiger partial charge in [0.1, 0.15) is 28.8 Å². The number of rotatable bonds is 6. The van der Waals surface area contributed by atoms with Gasteiger partial charge in [-0.25, -0.2) is 4.98 Å². The van der Waals surface area contributed by atoms with Crippen LogP contribution >= 0.6 is 11.6 Å². The monoisotopic (exact) mass is 368 g/mol. The highest BCUT2D eigenvalue weighted by molar-refractivity contribution is 6.26. The quantitative estimate of drug-likeness (QED) is 0.675. The maximum Gasteiger partial charge on any atom is 0.140 e. The third-order valence-electron chi connectivity index (χ3n) is 4.88. The van der Waals surface area contributed by atoms with E-state index < -0.39 is 10.5 Å². The van der Waals surface area contributed by atoms with E-state index >= 15 is 0 Å². The molecule has 7 heteroatoms. The predicted molar refractivity (Wildman–Crippen MR) is 95.4 cm³/mol. The highest BCUT2D eigenvalue weighted by Crippen LogP contribution is 2.53. The fraction of sp³-hybridized carbons (Fsp3) is 0.316. The van der Waals surface area contributed by atoms with Gasteiger partial charge >= 0.3 is 0 Å². The predicted octanol–water partition coefficient (Wildman–Crippen LogP) is 3.15. The van der Waals surface area contributed by atoms with Crippen molar-refractivity contribution in [1.29, 1.82) is 5.26 Å². The summed E-state index contributed by atoms with van der Waals surface area (Å²) in [6.07, 6.45) is 4.63. The first-order valence-corrected chi connectivity index (χ1v) is 8.73. The Morgan fingerprint density at radius 3 is 2.81 bits per heavy atom. The van der Waals surface area contributed by atoms with Crippen molar-refractivity contribution in [1.82, 2.24) is 14.7 Å². The standard InChI is InChI=1S/C19H17ClN4O2/c20-18(6-7-18)19(25,12-24-13-22-11-15(24)10-21)9-16-8-17(23-26-16)14-4-2-1-3-5-14/h1-5,8,11,13,25H,6-7,9,12H2. The van der Waals surface area contributed by atoms with Crippen LogP contribution in [0.25, 0.3) is 11.3 Å². The summed E-state index contributed by atoms with van der Waals surface area (Å²) in [5.74, 6) is 0.553. The number of aliphatic hydroxyl groups is 1. The van der Waals surface area contributed by atoms with Gasteiger partial charge in [0.15, 0.2) is 0 Å². The van der Waals surface area contributed by atoms with E-state index in [1.54, 1.807) is 4.57 Å². The summed E-state index contributed by atoms with van der Waals surface area (Å²) in [4.78, 5) is 3.25. The van der Waals surface area contributed by atoms with Crippen LogP contribution in [0.2, 0.25) is 0 Å². The largest absolute Gasteiger partial charge is 0.386 e. The zero-order valence-electron chi connectivity index (χ0n) is 14.0. The zero-order chi connectivity index (χ0) is 18.2. The smallest absolute Gasteiger partial charge is 0.140 e. The SMILES string of the molecule is N#Cc1cncn1CC(O)(Cc1cc(-c2ccccc2)no1)C1(Cl)CC1. The molecule has 0 bridgehead atoms. The third kappa shape index (κ3) is 3.00. The molecule has 0 spiro atoms. The van der Waals surface area contributed by atoms with Crippen LogP contribution < -0.4 is 0 Å². The van der Waals surface area contributed by atoms with Crippen molar-refractivity contribution in [3.8, 4) is 17.3 Å². The van der Waals surface area contributed by atoms with E-state index in [0.717, 1.165) is 5.56 Å². The topological polar surface area (TPSA) is 87.9 Å². The summed E-state index contributed by atoms with van der Waals surface area (Å²) in [6, 6.07) is 13.6. The molecule has 132 valence electrons. The number of halogens is 1. The normalized spacial score (nSPS) is 17.4. The van der Waals surface area contributed by atoms with Crippen LogP contribution in [0.5, 0.6) is 0 Å². The van der Waals surface area contributed by atoms with Crippen LogP contribution in [0.15, 0.2) is 53.4 Å². The molecular formula is C19H17ClN4O2. The number of imidazole rings is 1. The van der Waals surface area contributed by atoms with Crippen LogP contribution in [0.3, 0.4) is 0 Å². The van der Waals surface area contributed by atoms with E-state index in [1.165, 1.54) is 12.5 Å². The average Bonchev–Trinajstić information content (AvgIpc) is 3.07. The van der Waals surface area contributed by atoms with Gasteiger partial charge in [-0.3, -0.25) is 0 Å². The number of hydrogen-bond acceptors (Lipinski definition) is 5. The Morgan fingerprint density at radius 2 is 2.12 bits per heavy atom. The van der Waals surface area contributed by atoms with Crippen LogP contribution in [0, 0.1) is 11.3 Å². The fourth-order valence-electron chi connectivity index (χ4n) is 3.18. The molecule has 26 heavy (non-hydrogen) atoms. The second-order valence-corrected chi connectivity index (χ2v) is 7.46. The molecule has 0 saturated heterocycles. The van der Waals surface area contributed by atoms with Crippen LogP contribution in [-0.2, 0) is 13.0 Å². The lowest BCUT2D eigenvalue weighted by atomic mass is 9.91. The highest BCUT2D eigenvalue weighted by atomic mass is 35.5. The Kier molecular flexibility index (Phi) is 4.06. The third-order valence-corrected chi connectivity index (χ3v) is 5.61. The van der Waals surface area contributed by atoms with Gasteiger partial charge in [0, 0.05) is 18.1 Å². The van der Waals surface area contributed by atoms with E-state index in [2.05, 4.69) is 16.2 Å². The average molecular weight is 369 g/mol. The van der Waals surface area contributed by atoms with E-state index in [1.807, 2.05) is 36.4 Å². The number of alkyl halides is 1. The molecule has 1 atom stereocenters. The lowest BCUT2D eigenvalue weighted by molar-refractivity contribution is 0.00517. The Bertz CT molecular complexity index is 955.